The summed E-state index contributed by atoms with van der Waals surface area (Å²) in [7, 11) is 1.69. The van der Waals surface area contributed by atoms with E-state index < -0.39 is 0 Å². The van der Waals surface area contributed by atoms with Gasteiger partial charge in [0, 0.05) is 11.3 Å². The largest absolute Gasteiger partial charge is 0.495 e. The van der Waals surface area contributed by atoms with Crippen molar-refractivity contribution in [3.63, 3.8) is 0 Å². The third-order valence-corrected chi connectivity index (χ3v) is 2.16. The highest BCUT2D eigenvalue weighted by Crippen LogP contribution is 2.25. The maximum Gasteiger partial charge on any atom is 0.140 e. The van der Waals surface area contributed by atoms with E-state index in [2.05, 4.69) is 31.8 Å². The maximum absolute atomic E-state index is 5.24. The first-order valence-electron chi connectivity index (χ1n) is 4.71. The van der Waals surface area contributed by atoms with Crippen molar-refractivity contribution in [1.29, 1.82) is 0 Å². The first-order chi connectivity index (χ1) is 6.19. The SMILES string of the molecule is CCc1cc(C(C)C)c(OC)cn1. The number of hydrogen-bond acceptors (Lipinski definition) is 2. The highest BCUT2D eigenvalue weighted by molar-refractivity contribution is 5.34. The number of rotatable bonds is 3. The summed E-state index contributed by atoms with van der Waals surface area (Å²) in [6.45, 7) is 6.44. The molecule has 0 aliphatic rings. The van der Waals surface area contributed by atoms with Gasteiger partial charge in [-0.15, -0.1) is 0 Å². The molecule has 0 aliphatic heterocycles. The fraction of sp³-hybridized carbons (Fsp3) is 0.545. The molecule has 0 spiro atoms. The van der Waals surface area contributed by atoms with Crippen molar-refractivity contribution in [3.05, 3.63) is 23.5 Å². The molecule has 0 saturated heterocycles. The molecule has 2 heteroatoms. The lowest BCUT2D eigenvalue weighted by atomic mass is 10.0. The zero-order valence-corrected chi connectivity index (χ0v) is 8.79. The Balaban J connectivity index is 3.10. The highest BCUT2D eigenvalue weighted by Gasteiger charge is 2.07. The molecular weight excluding hydrogens is 162 g/mol. The van der Waals surface area contributed by atoms with Crippen molar-refractivity contribution in [2.45, 2.75) is 33.1 Å². The minimum atomic E-state index is 0.489. The molecule has 0 saturated carbocycles. The van der Waals surface area contributed by atoms with E-state index in [-0.39, 0.29) is 0 Å². The summed E-state index contributed by atoms with van der Waals surface area (Å²) in [5.41, 5.74) is 2.37. The second kappa shape index (κ2) is 4.26. The average molecular weight is 179 g/mol. The van der Waals surface area contributed by atoms with Gasteiger partial charge in [0.15, 0.2) is 0 Å². The lowest BCUT2D eigenvalue weighted by Crippen LogP contribution is -1.98. The minimum Gasteiger partial charge on any atom is -0.495 e. The Morgan fingerprint density at radius 2 is 2.15 bits per heavy atom. The van der Waals surface area contributed by atoms with Crippen molar-refractivity contribution in [3.8, 4) is 5.75 Å². The number of aromatic nitrogens is 1. The summed E-state index contributed by atoms with van der Waals surface area (Å²) >= 11 is 0. The number of pyridine rings is 1. The topological polar surface area (TPSA) is 22.1 Å². The van der Waals surface area contributed by atoms with Crippen molar-refractivity contribution in [1.82, 2.24) is 4.98 Å². The van der Waals surface area contributed by atoms with Crippen LogP contribution >= 0.6 is 0 Å². The summed E-state index contributed by atoms with van der Waals surface area (Å²) < 4.78 is 5.24. The van der Waals surface area contributed by atoms with Gasteiger partial charge >= 0.3 is 0 Å². The summed E-state index contributed by atoms with van der Waals surface area (Å²) in [6.07, 6.45) is 2.79. The Bertz CT molecular complexity index is 281. The van der Waals surface area contributed by atoms with Gasteiger partial charge in [-0.25, -0.2) is 0 Å². The summed E-state index contributed by atoms with van der Waals surface area (Å²) in [6, 6.07) is 2.13. The van der Waals surface area contributed by atoms with Crippen LogP contribution in [0, 0.1) is 0 Å². The number of nitrogens with zero attached hydrogens (tertiary/aromatic N) is 1. The molecular formula is C11H17NO. The minimum absolute atomic E-state index is 0.489. The lowest BCUT2D eigenvalue weighted by Gasteiger charge is -2.11. The number of aryl methyl sites for hydroxylation is 1. The average Bonchev–Trinajstić information content (AvgIpc) is 2.16. The Morgan fingerprint density at radius 1 is 1.46 bits per heavy atom. The summed E-state index contributed by atoms with van der Waals surface area (Å²) in [5.74, 6) is 1.38. The molecule has 1 rings (SSSR count). The molecule has 0 aliphatic carbocycles. The van der Waals surface area contributed by atoms with Crippen molar-refractivity contribution >= 4 is 0 Å². The van der Waals surface area contributed by atoms with Crippen LogP contribution < -0.4 is 4.74 Å². The van der Waals surface area contributed by atoms with Crippen molar-refractivity contribution in [2.75, 3.05) is 7.11 Å². The van der Waals surface area contributed by atoms with E-state index in [0.29, 0.717) is 5.92 Å². The van der Waals surface area contributed by atoms with Crippen LogP contribution in [0.3, 0.4) is 0 Å². The molecule has 0 fully saturated rings. The van der Waals surface area contributed by atoms with Crippen LogP contribution in [-0.4, -0.2) is 12.1 Å². The van der Waals surface area contributed by atoms with Gasteiger partial charge in [-0.2, -0.15) is 0 Å². The standard InChI is InChI=1S/C11H17NO/c1-5-9-6-10(8(2)3)11(13-4)7-12-9/h6-8H,5H2,1-4H3. The zero-order chi connectivity index (χ0) is 9.84. The lowest BCUT2D eigenvalue weighted by molar-refractivity contribution is 0.405. The van der Waals surface area contributed by atoms with Gasteiger partial charge in [-0.3, -0.25) is 4.98 Å². The molecule has 13 heavy (non-hydrogen) atoms. The first-order valence-corrected chi connectivity index (χ1v) is 4.71. The van der Waals surface area contributed by atoms with E-state index >= 15 is 0 Å². The molecule has 0 radical (unpaired) electrons. The Morgan fingerprint density at radius 3 is 2.62 bits per heavy atom. The summed E-state index contributed by atoms with van der Waals surface area (Å²) in [4.78, 5) is 4.29. The zero-order valence-electron chi connectivity index (χ0n) is 8.79. The third-order valence-electron chi connectivity index (χ3n) is 2.16. The molecule has 0 bridgehead atoms. The van der Waals surface area contributed by atoms with Gasteiger partial charge in [0.25, 0.3) is 0 Å². The Hall–Kier alpha value is -1.05. The molecule has 1 heterocycles. The van der Waals surface area contributed by atoms with Crippen LogP contribution in [0.15, 0.2) is 12.3 Å². The van der Waals surface area contributed by atoms with E-state index in [1.54, 1.807) is 7.11 Å². The molecule has 0 aromatic carbocycles. The monoisotopic (exact) mass is 179 g/mol. The van der Waals surface area contributed by atoms with E-state index in [0.717, 1.165) is 17.9 Å². The Kier molecular flexibility index (Phi) is 3.29. The highest BCUT2D eigenvalue weighted by atomic mass is 16.5. The van der Waals surface area contributed by atoms with Gasteiger partial charge in [0.2, 0.25) is 0 Å². The van der Waals surface area contributed by atoms with Gasteiger partial charge in [0.05, 0.1) is 13.3 Å². The van der Waals surface area contributed by atoms with E-state index in [1.165, 1.54) is 5.56 Å². The van der Waals surface area contributed by atoms with Gasteiger partial charge in [-0.05, 0) is 18.4 Å². The molecule has 1 aromatic rings. The van der Waals surface area contributed by atoms with Crippen molar-refractivity contribution < 1.29 is 4.74 Å². The van der Waals surface area contributed by atoms with Crippen LogP contribution in [-0.2, 0) is 6.42 Å². The second-order valence-electron chi connectivity index (χ2n) is 3.43. The van der Waals surface area contributed by atoms with E-state index in [4.69, 9.17) is 4.74 Å². The maximum atomic E-state index is 5.24. The fourth-order valence-electron chi connectivity index (χ4n) is 1.32. The molecule has 2 nitrogen and oxygen atoms in total. The molecule has 1 aromatic heterocycles. The smallest absolute Gasteiger partial charge is 0.140 e. The van der Waals surface area contributed by atoms with E-state index in [1.807, 2.05) is 6.20 Å². The van der Waals surface area contributed by atoms with Gasteiger partial charge < -0.3 is 4.74 Å². The number of ether oxygens (including phenoxy) is 1. The normalized spacial score (nSPS) is 10.5. The predicted octanol–water partition coefficient (Wildman–Crippen LogP) is 2.78. The second-order valence-corrected chi connectivity index (χ2v) is 3.43. The van der Waals surface area contributed by atoms with Crippen LogP contribution in [0.4, 0.5) is 0 Å². The van der Waals surface area contributed by atoms with Gasteiger partial charge in [0.1, 0.15) is 5.75 Å². The first kappa shape index (κ1) is 10.0. The fourth-order valence-corrected chi connectivity index (χ4v) is 1.32. The van der Waals surface area contributed by atoms with Crippen LogP contribution in [0.2, 0.25) is 0 Å². The third kappa shape index (κ3) is 2.20. The van der Waals surface area contributed by atoms with Crippen molar-refractivity contribution in [2.24, 2.45) is 0 Å². The quantitative estimate of drug-likeness (QED) is 0.711. The van der Waals surface area contributed by atoms with Crippen LogP contribution in [0.25, 0.3) is 0 Å². The van der Waals surface area contributed by atoms with Crippen LogP contribution in [0.5, 0.6) is 5.75 Å². The molecule has 0 N–H and O–H groups in total. The molecule has 72 valence electrons. The molecule has 0 atom stereocenters. The predicted molar refractivity (Wildman–Crippen MR) is 54.3 cm³/mol. The van der Waals surface area contributed by atoms with Gasteiger partial charge in [-0.1, -0.05) is 20.8 Å². The van der Waals surface area contributed by atoms with E-state index in [9.17, 15) is 0 Å². The van der Waals surface area contributed by atoms with Crippen LogP contribution in [0.1, 0.15) is 37.9 Å². The Labute approximate surface area is 80.0 Å². The number of hydrogen-bond donors (Lipinski definition) is 0. The molecule has 0 amide bonds. The summed E-state index contributed by atoms with van der Waals surface area (Å²) in [5, 5.41) is 0. The molecule has 0 unspecified atom stereocenters. The number of methoxy groups -OCH3 is 1.